The highest BCUT2D eigenvalue weighted by molar-refractivity contribution is 5.33. The highest BCUT2D eigenvalue weighted by Crippen LogP contribution is 2.22. The number of nitrogens with zero attached hydrogens (tertiary/aromatic N) is 2. The van der Waals surface area contributed by atoms with Crippen LogP contribution in [0.25, 0.3) is 0 Å². The molecule has 0 amide bonds. The fraction of sp³-hybridized carbons (Fsp3) is 0.286. The number of benzene rings is 1. The van der Waals surface area contributed by atoms with Crippen LogP contribution in [0.1, 0.15) is 28.5 Å². The van der Waals surface area contributed by atoms with Crippen molar-refractivity contribution >= 4 is 0 Å². The molecule has 0 saturated heterocycles. The number of methoxy groups -OCH3 is 1. The van der Waals surface area contributed by atoms with Crippen LogP contribution in [0.3, 0.4) is 0 Å². The minimum Gasteiger partial charge on any atom is -0.480 e. The van der Waals surface area contributed by atoms with Crippen LogP contribution in [0.2, 0.25) is 0 Å². The van der Waals surface area contributed by atoms with Gasteiger partial charge in [0.15, 0.2) is 0 Å². The van der Waals surface area contributed by atoms with E-state index in [0.29, 0.717) is 11.6 Å². The molecule has 4 nitrogen and oxygen atoms in total. The molecule has 0 aliphatic heterocycles. The molecule has 0 fully saturated rings. The van der Waals surface area contributed by atoms with Crippen LogP contribution in [-0.2, 0) is 0 Å². The van der Waals surface area contributed by atoms with Crippen molar-refractivity contribution < 1.29 is 9.84 Å². The minimum absolute atomic E-state index is 0.436. The molecule has 1 aromatic carbocycles. The Hall–Kier alpha value is -1.94. The van der Waals surface area contributed by atoms with Crippen molar-refractivity contribution in [2.75, 3.05) is 7.11 Å². The fourth-order valence-corrected chi connectivity index (χ4v) is 1.92. The summed E-state index contributed by atoms with van der Waals surface area (Å²) in [6.07, 6.45) is -0.762. The number of aliphatic hydroxyl groups excluding tert-OH is 1. The average molecular weight is 244 g/mol. The smallest absolute Gasteiger partial charge is 0.233 e. The van der Waals surface area contributed by atoms with Crippen LogP contribution in [0.4, 0.5) is 0 Å². The van der Waals surface area contributed by atoms with Crippen LogP contribution >= 0.6 is 0 Å². The predicted molar refractivity (Wildman–Crippen MR) is 68.6 cm³/mol. The Morgan fingerprint density at radius 3 is 2.22 bits per heavy atom. The number of ether oxygens (including phenoxy) is 1. The topological polar surface area (TPSA) is 55.2 Å². The lowest BCUT2D eigenvalue weighted by Gasteiger charge is -2.12. The van der Waals surface area contributed by atoms with Gasteiger partial charge in [0.05, 0.1) is 12.8 Å². The first-order valence-electron chi connectivity index (χ1n) is 5.74. The lowest BCUT2D eigenvalue weighted by molar-refractivity contribution is 0.213. The molecule has 0 spiro atoms. The molecule has 18 heavy (non-hydrogen) atoms. The number of hydrogen-bond donors (Lipinski definition) is 1. The predicted octanol–water partition coefficient (Wildman–Crippen LogP) is 2.18. The minimum atomic E-state index is -0.762. The van der Waals surface area contributed by atoms with E-state index in [9.17, 15) is 5.11 Å². The molecule has 1 unspecified atom stereocenters. The molecule has 0 saturated carbocycles. The SMILES string of the molecule is COc1ccc(C(O)c2cc(C)cc(C)c2)nn1. The van der Waals surface area contributed by atoms with E-state index in [1.165, 1.54) is 7.11 Å². The number of aliphatic hydroxyl groups is 1. The highest BCUT2D eigenvalue weighted by Gasteiger charge is 2.13. The molecule has 0 bridgehead atoms. The van der Waals surface area contributed by atoms with Crippen LogP contribution in [0.5, 0.6) is 5.88 Å². The van der Waals surface area contributed by atoms with Crippen LogP contribution < -0.4 is 4.74 Å². The van der Waals surface area contributed by atoms with Crippen LogP contribution in [0.15, 0.2) is 30.3 Å². The highest BCUT2D eigenvalue weighted by atomic mass is 16.5. The van der Waals surface area contributed by atoms with E-state index >= 15 is 0 Å². The van der Waals surface area contributed by atoms with Crippen molar-refractivity contribution in [1.82, 2.24) is 10.2 Å². The van der Waals surface area contributed by atoms with Crippen molar-refractivity contribution in [3.05, 3.63) is 52.7 Å². The lowest BCUT2D eigenvalue weighted by atomic mass is 10.0. The van der Waals surface area contributed by atoms with Gasteiger partial charge in [0, 0.05) is 6.07 Å². The van der Waals surface area contributed by atoms with Crippen molar-refractivity contribution in [3.8, 4) is 5.88 Å². The Morgan fingerprint density at radius 1 is 1.06 bits per heavy atom. The van der Waals surface area contributed by atoms with E-state index in [4.69, 9.17) is 4.74 Å². The Morgan fingerprint density at radius 2 is 1.72 bits per heavy atom. The summed E-state index contributed by atoms with van der Waals surface area (Å²) >= 11 is 0. The van der Waals surface area contributed by atoms with Crippen molar-refractivity contribution in [1.29, 1.82) is 0 Å². The van der Waals surface area contributed by atoms with Crippen molar-refractivity contribution in [3.63, 3.8) is 0 Å². The third kappa shape index (κ3) is 2.65. The van der Waals surface area contributed by atoms with Gasteiger partial charge >= 0.3 is 0 Å². The summed E-state index contributed by atoms with van der Waals surface area (Å²) in [7, 11) is 1.53. The summed E-state index contributed by atoms with van der Waals surface area (Å²) < 4.78 is 4.94. The maximum absolute atomic E-state index is 10.3. The Balaban J connectivity index is 2.31. The third-order valence-corrected chi connectivity index (χ3v) is 2.71. The van der Waals surface area contributed by atoms with Gasteiger partial charge in [-0.05, 0) is 25.5 Å². The zero-order valence-corrected chi connectivity index (χ0v) is 10.7. The van der Waals surface area contributed by atoms with Gasteiger partial charge in [0.25, 0.3) is 0 Å². The van der Waals surface area contributed by atoms with E-state index in [0.717, 1.165) is 16.7 Å². The van der Waals surface area contributed by atoms with Crippen LogP contribution in [-0.4, -0.2) is 22.4 Å². The van der Waals surface area contributed by atoms with Gasteiger partial charge in [-0.15, -0.1) is 10.2 Å². The van der Waals surface area contributed by atoms with E-state index in [-0.39, 0.29) is 0 Å². The molecule has 1 N–H and O–H groups in total. The van der Waals surface area contributed by atoms with Crippen LogP contribution in [0, 0.1) is 13.8 Å². The zero-order chi connectivity index (χ0) is 13.1. The van der Waals surface area contributed by atoms with Gasteiger partial charge in [-0.1, -0.05) is 29.3 Å². The largest absolute Gasteiger partial charge is 0.480 e. The van der Waals surface area contributed by atoms with Gasteiger partial charge < -0.3 is 9.84 Å². The Kier molecular flexibility index (Phi) is 3.58. The third-order valence-electron chi connectivity index (χ3n) is 2.71. The van der Waals surface area contributed by atoms with Gasteiger partial charge in [-0.3, -0.25) is 0 Å². The first-order chi connectivity index (χ1) is 8.60. The van der Waals surface area contributed by atoms with E-state index in [2.05, 4.69) is 16.3 Å². The number of aryl methyl sites for hydroxylation is 2. The second-order valence-electron chi connectivity index (χ2n) is 4.32. The molecule has 1 atom stereocenters. The van der Waals surface area contributed by atoms with E-state index in [1.54, 1.807) is 12.1 Å². The van der Waals surface area contributed by atoms with Gasteiger partial charge in [-0.25, -0.2) is 0 Å². The Labute approximate surface area is 106 Å². The second-order valence-corrected chi connectivity index (χ2v) is 4.32. The normalized spacial score (nSPS) is 12.2. The van der Waals surface area contributed by atoms with Crippen molar-refractivity contribution in [2.45, 2.75) is 20.0 Å². The molecular weight excluding hydrogens is 228 g/mol. The summed E-state index contributed by atoms with van der Waals surface area (Å²) in [5.74, 6) is 0.436. The molecule has 0 aliphatic carbocycles. The Bertz CT molecular complexity index is 518. The number of hydrogen-bond acceptors (Lipinski definition) is 4. The number of aromatic nitrogens is 2. The summed E-state index contributed by atoms with van der Waals surface area (Å²) in [6.45, 7) is 4.01. The van der Waals surface area contributed by atoms with Gasteiger partial charge in [0.2, 0.25) is 5.88 Å². The first-order valence-corrected chi connectivity index (χ1v) is 5.74. The molecule has 4 heteroatoms. The average Bonchev–Trinajstić information content (AvgIpc) is 2.37. The molecule has 0 aliphatic rings. The molecule has 0 radical (unpaired) electrons. The van der Waals surface area contributed by atoms with Gasteiger partial charge in [0.1, 0.15) is 6.10 Å². The standard InChI is InChI=1S/C14H16N2O2/c1-9-6-10(2)8-11(7-9)14(17)12-4-5-13(18-3)16-15-12/h4-8,14,17H,1-3H3. The first kappa shape index (κ1) is 12.5. The summed E-state index contributed by atoms with van der Waals surface area (Å²) in [5.41, 5.74) is 3.57. The van der Waals surface area contributed by atoms with E-state index in [1.807, 2.05) is 26.0 Å². The summed E-state index contributed by atoms with van der Waals surface area (Å²) in [6, 6.07) is 9.37. The molecule has 1 aromatic heterocycles. The van der Waals surface area contributed by atoms with Crippen molar-refractivity contribution in [2.24, 2.45) is 0 Å². The number of rotatable bonds is 3. The summed E-state index contributed by atoms with van der Waals surface area (Å²) in [4.78, 5) is 0. The molecule has 94 valence electrons. The molecule has 2 aromatic rings. The molecule has 2 rings (SSSR count). The monoisotopic (exact) mass is 244 g/mol. The quantitative estimate of drug-likeness (QED) is 0.899. The second kappa shape index (κ2) is 5.14. The van der Waals surface area contributed by atoms with E-state index < -0.39 is 6.10 Å². The maximum atomic E-state index is 10.3. The molecular formula is C14H16N2O2. The fourth-order valence-electron chi connectivity index (χ4n) is 1.92. The maximum Gasteiger partial charge on any atom is 0.233 e. The lowest BCUT2D eigenvalue weighted by Crippen LogP contribution is -2.05. The summed E-state index contributed by atoms with van der Waals surface area (Å²) in [5, 5.41) is 18.1. The zero-order valence-electron chi connectivity index (χ0n) is 10.7. The molecule has 1 heterocycles. The van der Waals surface area contributed by atoms with Gasteiger partial charge in [-0.2, -0.15) is 0 Å².